The lowest BCUT2D eigenvalue weighted by Crippen LogP contribution is -2.31. The summed E-state index contributed by atoms with van der Waals surface area (Å²) < 4.78 is 9.60. The molecule has 7 heteroatoms. The van der Waals surface area contributed by atoms with E-state index < -0.39 is 18.5 Å². The minimum absolute atomic E-state index is 0.0314. The molecule has 0 bridgehead atoms. The van der Waals surface area contributed by atoms with Gasteiger partial charge in [0.15, 0.2) is 6.61 Å². The van der Waals surface area contributed by atoms with Crippen molar-refractivity contribution in [1.82, 2.24) is 10.5 Å². The van der Waals surface area contributed by atoms with Crippen LogP contribution in [0, 0.1) is 6.92 Å². The molecule has 116 valence electrons. The van der Waals surface area contributed by atoms with E-state index in [1.54, 1.807) is 19.1 Å². The summed E-state index contributed by atoms with van der Waals surface area (Å²) in [6.45, 7) is 3.11. The zero-order valence-corrected chi connectivity index (χ0v) is 12.9. The fourth-order valence-electron chi connectivity index (χ4n) is 1.78. The average Bonchev–Trinajstić information content (AvgIpc) is 2.92. The van der Waals surface area contributed by atoms with Crippen molar-refractivity contribution < 1.29 is 18.8 Å². The van der Waals surface area contributed by atoms with E-state index in [0.29, 0.717) is 10.7 Å². The largest absolute Gasteiger partial charge is 0.450 e. The number of nitrogens with one attached hydrogen (secondary N) is 1. The zero-order valence-electron chi connectivity index (χ0n) is 12.1. The van der Waals surface area contributed by atoms with Crippen LogP contribution < -0.4 is 5.32 Å². The van der Waals surface area contributed by atoms with E-state index in [-0.39, 0.29) is 11.8 Å². The van der Waals surface area contributed by atoms with E-state index in [9.17, 15) is 9.59 Å². The molecule has 0 aliphatic carbocycles. The van der Waals surface area contributed by atoms with Gasteiger partial charge in [0.1, 0.15) is 0 Å². The molecule has 1 heterocycles. The van der Waals surface area contributed by atoms with Crippen LogP contribution in [0.3, 0.4) is 0 Å². The fourth-order valence-corrected chi connectivity index (χ4v) is 1.91. The first-order valence-electron chi connectivity index (χ1n) is 6.61. The SMILES string of the molecule is Cc1cc(C(=O)OCC(=O)N[C@H](C)c2ccc(Cl)cc2)on1. The first-order chi connectivity index (χ1) is 10.5. The van der Waals surface area contributed by atoms with Gasteiger partial charge >= 0.3 is 5.97 Å². The minimum Gasteiger partial charge on any atom is -0.450 e. The number of esters is 1. The Labute approximate surface area is 132 Å². The van der Waals surface area contributed by atoms with E-state index in [1.165, 1.54) is 6.07 Å². The van der Waals surface area contributed by atoms with Gasteiger partial charge in [0.25, 0.3) is 5.91 Å². The predicted molar refractivity (Wildman–Crippen MR) is 79.5 cm³/mol. The molecule has 1 aromatic carbocycles. The fraction of sp³-hybridized carbons (Fsp3) is 0.267. The van der Waals surface area contributed by atoms with Gasteiger partial charge in [0, 0.05) is 11.1 Å². The topological polar surface area (TPSA) is 81.4 Å². The molecule has 1 atom stereocenters. The Morgan fingerprint density at radius 3 is 2.64 bits per heavy atom. The Balaban J connectivity index is 1.82. The highest BCUT2D eigenvalue weighted by atomic mass is 35.5. The average molecular weight is 323 g/mol. The molecule has 1 aromatic heterocycles. The molecule has 0 radical (unpaired) electrons. The number of halogens is 1. The van der Waals surface area contributed by atoms with Crippen molar-refractivity contribution in [3.8, 4) is 0 Å². The van der Waals surface area contributed by atoms with Crippen LogP contribution in [-0.4, -0.2) is 23.6 Å². The molecule has 2 rings (SSSR count). The zero-order chi connectivity index (χ0) is 16.1. The normalized spacial score (nSPS) is 11.8. The Morgan fingerprint density at radius 2 is 2.05 bits per heavy atom. The number of carbonyl (C=O) groups excluding carboxylic acids is 2. The lowest BCUT2D eigenvalue weighted by molar-refractivity contribution is -0.124. The maximum atomic E-state index is 11.8. The standard InChI is InChI=1S/C15H15ClN2O4/c1-9-7-13(22-18-9)15(20)21-8-14(19)17-10(2)11-3-5-12(16)6-4-11/h3-7,10H,8H2,1-2H3,(H,17,19)/t10-/m1/s1. The molecule has 0 saturated carbocycles. The number of carbonyl (C=O) groups is 2. The van der Waals surface area contributed by atoms with Crippen molar-refractivity contribution in [2.45, 2.75) is 19.9 Å². The van der Waals surface area contributed by atoms with E-state index >= 15 is 0 Å². The van der Waals surface area contributed by atoms with Crippen LogP contribution in [0.25, 0.3) is 0 Å². The summed E-state index contributed by atoms with van der Waals surface area (Å²) >= 11 is 5.81. The van der Waals surface area contributed by atoms with Gasteiger partial charge in [-0.05, 0) is 31.5 Å². The molecule has 0 aliphatic heterocycles. The van der Waals surface area contributed by atoms with Gasteiger partial charge in [0.2, 0.25) is 5.76 Å². The van der Waals surface area contributed by atoms with Gasteiger partial charge in [-0.15, -0.1) is 0 Å². The van der Waals surface area contributed by atoms with Gasteiger partial charge in [-0.2, -0.15) is 0 Å². The second-order valence-corrected chi connectivity index (χ2v) is 5.19. The van der Waals surface area contributed by atoms with Crippen LogP contribution in [0.4, 0.5) is 0 Å². The number of aryl methyl sites for hydroxylation is 1. The molecule has 0 spiro atoms. The third-order valence-corrected chi connectivity index (χ3v) is 3.16. The third kappa shape index (κ3) is 4.33. The summed E-state index contributed by atoms with van der Waals surface area (Å²) in [6, 6.07) is 8.33. The molecule has 0 unspecified atom stereocenters. The Hall–Kier alpha value is -2.34. The van der Waals surface area contributed by atoms with Crippen LogP contribution in [0.15, 0.2) is 34.9 Å². The molecular formula is C15H15ClN2O4. The van der Waals surface area contributed by atoms with E-state index in [2.05, 4.69) is 10.5 Å². The summed E-state index contributed by atoms with van der Waals surface area (Å²) in [7, 11) is 0. The number of nitrogens with zero attached hydrogens (tertiary/aromatic N) is 1. The number of aromatic nitrogens is 1. The van der Waals surface area contributed by atoms with Crippen LogP contribution in [0.1, 0.15) is 34.8 Å². The summed E-state index contributed by atoms with van der Waals surface area (Å²) in [5.74, 6) is -1.17. The van der Waals surface area contributed by atoms with Gasteiger partial charge in [-0.3, -0.25) is 4.79 Å². The second kappa shape index (κ2) is 7.09. The van der Waals surface area contributed by atoms with Crippen molar-refractivity contribution in [2.75, 3.05) is 6.61 Å². The van der Waals surface area contributed by atoms with Crippen molar-refractivity contribution in [3.05, 3.63) is 52.4 Å². The molecule has 0 saturated heterocycles. The molecule has 22 heavy (non-hydrogen) atoms. The van der Waals surface area contributed by atoms with Crippen LogP contribution in [0.2, 0.25) is 5.02 Å². The van der Waals surface area contributed by atoms with Crippen LogP contribution >= 0.6 is 11.6 Å². The summed E-state index contributed by atoms with van der Waals surface area (Å²) in [6.07, 6.45) is 0. The van der Waals surface area contributed by atoms with Gasteiger partial charge < -0.3 is 14.6 Å². The van der Waals surface area contributed by atoms with Crippen molar-refractivity contribution in [1.29, 1.82) is 0 Å². The lowest BCUT2D eigenvalue weighted by atomic mass is 10.1. The summed E-state index contributed by atoms with van der Waals surface area (Å²) in [5, 5.41) is 6.92. The number of amides is 1. The number of hydrogen-bond acceptors (Lipinski definition) is 5. The molecule has 0 aliphatic rings. The number of rotatable bonds is 5. The minimum atomic E-state index is -0.727. The molecule has 6 nitrogen and oxygen atoms in total. The quantitative estimate of drug-likeness (QED) is 0.856. The molecule has 1 N–H and O–H groups in total. The van der Waals surface area contributed by atoms with Gasteiger partial charge in [-0.1, -0.05) is 28.9 Å². The highest BCUT2D eigenvalue weighted by Crippen LogP contribution is 2.15. The smallest absolute Gasteiger partial charge is 0.377 e. The Bertz CT molecular complexity index is 666. The van der Waals surface area contributed by atoms with Crippen LogP contribution in [-0.2, 0) is 9.53 Å². The van der Waals surface area contributed by atoms with Crippen molar-refractivity contribution in [3.63, 3.8) is 0 Å². The van der Waals surface area contributed by atoms with E-state index in [0.717, 1.165) is 5.56 Å². The highest BCUT2D eigenvalue weighted by Gasteiger charge is 2.16. The highest BCUT2D eigenvalue weighted by molar-refractivity contribution is 6.30. The van der Waals surface area contributed by atoms with Crippen molar-refractivity contribution in [2.24, 2.45) is 0 Å². The molecular weight excluding hydrogens is 308 g/mol. The Kier molecular flexibility index (Phi) is 5.16. The second-order valence-electron chi connectivity index (χ2n) is 4.75. The maximum absolute atomic E-state index is 11.8. The van der Waals surface area contributed by atoms with Gasteiger partial charge in [0.05, 0.1) is 11.7 Å². The first kappa shape index (κ1) is 16.0. The number of ether oxygens (including phenoxy) is 1. The van der Waals surface area contributed by atoms with Gasteiger partial charge in [-0.25, -0.2) is 4.79 Å². The monoisotopic (exact) mass is 322 g/mol. The molecule has 0 fully saturated rings. The van der Waals surface area contributed by atoms with Crippen LogP contribution in [0.5, 0.6) is 0 Å². The van der Waals surface area contributed by atoms with E-state index in [4.69, 9.17) is 20.9 Å². The number of benzene rings is 1. The first-order valence-corrected chi connectivity index (χ1v) is 6.99. The lowest BCUT2D eigenvalue weighted by Gasteiger charge is -2.14. The number of hydrogen-bond donors (Lipinski definition) is 1. The summed E-state index contributed by atoms with van der Waals surface area (Å²) in [5.41, 5.74) is 1.46. The molecule has 2 aromatic rings. The summed E-state index contributed by atoms with van der Waals surface area (Å²) in [4.78, 5) is 23.4. The third-order valence-electron chi connectivity index (χ3n) is 2.91. The van der Waals surface area contributed by atoms with Crippen molar-refractivity contribution >= 4 is 23.5 Å². The maximum Gasteiger partial charge on any atom is 0.377 e. The Morgan fingerprint density at radius 1 is 1.36 bits per heavy atom. The molecule has 1 amide bonds. The predicted octanol–water partition coefficient (Wildman–Crippen LogP) is 2.67. The van der Waals surface area contributed by atoms with E-state index in [1.807, 2.05) is 19.1 Å².